The molecule has 1 heterocycles. The molecule has 0 unspecified atom stereocenters. The quantitative estimate of drug-likeness (QED) is 0.593. The van der Waals surface area contributed by atoms with E-state index in [0.717, 1.165) is 0 Å². The Labute approximate surface area is 93.7 Å². The summed E-state index contributed by atoms with van der Waals surface area (Å²) in [4.78, 5) is 3.76. The molecule has 1 rings (SSSR count). The normalized spacial score (nSPS) is 11.6. The molecule has 0 aliphatic rings. The van der Waals surface area contributed by atoms with Gasteiger partial charge in [0.15, 0.2) is 0 Å². The molecular weight excluding hydrogens is 240 g/mol. The maximum Gasteiger partial charge on any atom is 0.235 e. The summed E-state index contributed by atoms with van der Waals surface area (Å²) >= 11 is 5.46. The molecule has 0 aliphatic heterocycles. The molecule has 0 aromatic carbocycles. The van der Waals surface area contributed by atoms with E-state index in [4.69, 9.17) is 11.6 Å². The van der Waals surface area contributed by atoms with Gasteiger partial charge in [-0.2, -0.15) is 10.1 Å². The Balaban J connectivity index is 2.53. The minimum Gasteiger partial charge on any atom is -0.251 e. The van der Waals surface area contributed by atoms with Crippen molar-refractivity contribution in [2.75, 3.05) is 16.4 Å². The number of nitrogens with one attached hydrogen (secondary N) is 1. The number of rotatable bonds is 6. The van der Waals surface area contributed by atoms with Gasteiger partial charge in [0, 0.05) is 12.9 Å². The molecule has 0 aliphatic carbocycles. The van der Waals surface area contributed by atoms with Gasteiger partial charge in [0.25, 0.3) is 0 Å². The lowest BCUT2D eigenvalue weighted by atomic mass is 10.4. The van der Waals surface area contributed by atoms with Crippen molar-refractivity contribution in [3.05, 3.63) is 6.33 Å². The molecule has 6 nitrogen and oxygen atoms in total. The Bertz CT molecular complexity index is 403. The van der Waals surface area contributed by atoms with Crippen LogP contribution in [0.2, 0.25) is 0 Å². The first-order valence-corrected chi connectivity index (χ1v) is 6.64. The highest BCUT2D eigenvalue weighted by Crippen LogP contribution is 2.04. The van der Waals surface area contributed by atoms with Crippen LogP contribution in [0.15, 0.2) is 6.33 Å². The molecule has 0 radical (unpaired) electrons. The van der Waals surface area contributed by atoms with Gasteiger partial charge in [0.2, 0.25) is 16.0 Å². The molecular formula is C7H13ClN4O2S. The molecule has 0 amide bonds. The molecule has 8 heteroatoms. The Morgan fingerprint density at radius 2 is 2.27 bits per heavy atom. The minimum absolute atomic E-state index is 0.0482. The Hall–Kier alpha value is -0.820. The van der Waals surface area contributed by atoms with Crippen molar-refractivity contribution >= 4 is 27.6 Å². The van der Waals surface area contributed by atoms with Gasteiger partial charge in [0.1, 0.15) is 6.33 Å². The average Bonchev–Trinajstić information content (AvgIpc) is 2.51. The molecule has 86 valence electrons. The summed E-state index contributed by atoms with van der Waals surface area (Å²) in [5, 5.41) is 3.75. The van der Waals surface area contributed by atoms with E-state index in [-0.39, 0.29) is 11.7 Å². The van der Waals surface area contributed by atoms with E-state index >= 15 is 0 Å². The number of aryl methyl sites for hydroxylation is 1. The van der Waals surface area contributed by atoms with Crippen molar-refractivity contribution < 1.29 is 8.42 Å². The second kappa shape index (κ2) is 5.32. The fourth-order valence-corrected chi connectivity index (χ4v) is 2.30. The number of unbranched alkanes of at least 4 members (excludes halogenated alkanes) is 1. The van der Waals surface area contributed by atoms with Crippen molar-refractivity contribution in [1.82, 2.24) is 14.8 Å². The third-order valence-electron chi connectivity index (χ3n) is 1.75. The number of anilines is 1. The van der Waals surface area contributed by atoms with Crippen molar-refractivity contribution in [1.29, 1.82) is 0 Å². The Kier molecular flexibility index (Phi) is 4.34. The average molecular weight is 253 g/mol. The highest BCUT2D eigenvalue weighted by atomic mass is 35.5. The highest BCUT2D eigenvalue weighted by molar-refractivity contribution is 7.92. The van der Waals surface area contributed by atoms with Gasteiger partial charge in [-0.05, 0) is 12.8 Å². The van der Waals surface area contributed by atoms with E-state index in [9.17, 15) is 8.42 Å². The van der Waals surface area contributed by atoms with E-state index in [1.54, 1.807) is 7.05 Å². The van der Waals surface area contributed by atoms with Crippen molar-refractivity contribution in [2.45, 2.75) is 12.8 Å². The third-order valence-corrected chi connectivity index (χ3v) is 3.34. The van der Waals surface area contributed by atoms with Crippen LogP contribution < -0.4 is 4.72 Å². The van der Waals surface area contributed by atoms with Crippen LogP contribution in [0.1, 0.15) is 12.8 Å². The summed E-state index contributed by atoms with van der Waals surface area (Å²) in [6.07, 6.45) is 2.51. The van der Waals surface area contributed by atoms with Crippen LogP contribution in [0.4, 0.5) is 5.95 Å². The van der Waals surface area contributed by atoms with E-state index in [1.807, 2.05) is 0 Å². The van der Waals surface area contributed by atoms with Crippen LogP contribution in [0, 0.1) is 0 Å². The zero-order chi connectivity index (χ0) is 11.3. The summed E-state index contributed by atoms with van der Waals surface area (Å²) in [5.41, 5.74) is 0. The van der Waals surface area contributed by atoms with Gasteiger partial charge < -0.3 is 0 Å². The van der Waals surface area contributed by atoms with Gasteiger partial charge in [0.05, 0.1) is 5.75 Å². The van der Waals surface area contributed by atoms with E-state index in [2.05, 4.69) is 14.8 Å². The lowest BCUT2D eigenvalue weighted by Crippen LogP contribution is -2.19. The van der Waals surface area contributed by atoms with Gasteiger partial charge in [-0.25, -0.2) is 13.1 Å². The second-order valence-electron chi connectivity index (χ2n) is 3.02. The van der Waals surface area contributed by atoms with Crippen LogP contribution in [-0.2, 0) is 17.1 Å². The van der Waals surface area contributed by atoms with Crippen LogP contribution in [0.5, 0.6) is 0 Å². The van der Waals surface area contributed by atoms with Crippen molar-refractivity contribution in [2.24, 2.45) is 7.05 Å². The largest absolute Gasteiger partial charge is 0.251 e. The number of nitrogens with zero attached hydrogens (tertiary/aromatic N) is 3. The zero-order valence-corrected chi connectivity index (χ0v) is 9.92. The summed E-state index contributed by atoms with van der Waals surface area (Å²) in [6, 6.07) is 0. The van der Waals surface area contributed by atoms with E-state index in [0.29, 0.717) is 18.7 Å². The van der Waals surface area contributed by atoms with Gasteiger partial charge >= 0.3 is 0 Å². The number of hydrogen-bond donors (Lipinski definition) is 1. The standard InChI is InChI=1S/C7H13ClN4O2S/c1-12-7(9-6-10-12)11-15(13,14)5-3-2-4-8/h6H,2-5H2,1H3,(H,9,10,11). The van der Waals surface area contributed by atoms with Gasteiger partial charge in [-0.15, -0.1) is 11.6 Å². The number of sulfonamides is 1. The first-order chi connectivity index (χ1) is 7.05. The summed E-state index contributed by atoms with van der Waals surface area (Å²) in [6.45, 7) is 0. The number of halogens is 1. The molecule has 0 saturated heterocycles. The molecule has 0 saturated carbocycles. The lowest BCUT2D eigenvalue weighted by molar-refractivity contribution is 0.597. The minimum atomic E-state index is -3.33. The van der Waals surface area contributed by atoms with E-state index in [1.165, 1.54) is 11.0 Å². The molecule has 1 aromatic rings. The van der Waals surface area contributed by atoms with Crippen LogP contribution >= 0.6 is 11.6 Å². The monoisotopic (exact) mass is 252 g/mol. The number of hydrogen-bond acceptors (Lipinski definition) is 4. The second-order valence-corrected chi connectivity index (χ2v) is 5.24. The third kappa shape index (κ3) is 4.05. The number of alkyl halides is 1. The lowest BCUT2D eigenvalue weighted by Gasteiger charge is -2.05. The maximum atomic E-state index is 11.5. The molecule has 15 heavy (non-hydrogen) atoms. The topological polar surface area (TPSA) is 76.9 Å². The van der Waals surface area contributed by atoms with Gasteiger partial charge in [-0.3, -0.25) is 4.72 Å². The first-order valence-electron chi connectivity index (χ1n) is 4.45. The predicted molar refractivity (Wildman–Crippen MR) is 58.4 cm³/mol. The first kappa shape index (κ1) is 12.3. The van der Waals surface area contributed by atoms with E-state index < -0.39 is 10.0 Å². The molecule has 0 fully saturated rings. The summed E-state index contributed by atoms with van der Waals surface area (Å²) in [5.74, 6) is 0.743. The Morgan fingerprint density at radius 1 is 1.53 bits per heavy atom. The molecule has 1 N–H and O–H groups in total. The summed E-state index contributed by atoms with van der Waals surface area (Å²) in [7, 11) is -1.72. The van der Waals surface area contributed by atoms with Crippen LogP contribution in [0.25, 0.3) is 0 Å². The maximum absolute atomic E-state index is 11.5. The van der Waals surface area contributed by atoms with Crippen LogP contribution in [0.3, 0.4) is 0 Å². The predicted octanol–water partition coefficient (Wildman–Crippen LogP) is 0.576. The van der Waals surface area contributed by atoms with Crippen molar-refractivity contribution in [3.63, 3.8) is 0 Å². The fraction of sp³-hybridized carbons (Fsp3) is 0.714. The number of aromatic nitrogens is 3. The summed E-state index contributed by atoms with van der Waals surface area (Å²) < 4.78 is 26.7. The van der Waals surface area contributed by atoms with Crippen molar-refractivity contribution in [3.8, 4) is 0 Å². The van der Waals surface area contributed by atoms with Crippen LogP contribution in [-0.4, -0.2) is 34.8 Å². The molecule has 0 atom stereocenters. The smallest absolute Gasteiger partial charge is 0.235 e. The van der Waals surface area contributed by atoms with Gasteiger partial charge in [-0.1, -0.05) is 0 Å². The molecule has 1 aromatic heterocycles. The molecule has 0 bridgehead atoms. The fourth-order valence-electron chi connectivity index (χ4n) is 0.965. The highest BCUT2D eigenvalue weighted by Gasteiger charge is 2.12. The Morgan fingerprint density at radius 3 is 2.80 bits per heavy atom. The zero-order valence-electron chi connectivity index (χ0n) is 8.35. The SMILES string of the molecule is Cn1ncnc1NS(=O)(=O)CCCCCl. The molecule has 0 spiro atoms.